The minimum Gasteiger partial charge on any atom is -0.459 e. The van der Waals surface area contributed by atoms with Crippen LogP contribution >= 0.6 is 15.9 Å². The molecule has 8 heteroatoms. The number of hydrogen-bond acceptors (Lipinski definition) is 6. The van der Waals surface area contributed by atoms with Gasteiger partial charge < -0.3 is 15.4 Å². The number of hydrogen-bond donors (Lipinski definition) is 1. The number of pyridine rings is 1. The van der Waals surface area contributed by atoms with E-state index in [0.717, 1.165) is 49.7 Å². The molecule has 3 saturated heterocycles. The molecule has 4 heterocycles. The largest absolute Gasteiger partial charge is 0.459 e. The molecule has 29 heavy (non-hydrogen) atoms. The summed E-state index contributed by atoms with van der Waals surface area (Å²) in [4.78, 5) is 33.9. The van der Waals surface area contributed by atoms with Crippen molar-refractivity contribution in [2.45, 2.75) is 57.6 Å². The first-order valence-electron chi connectivity index (χ1n) is 10.4. The van der Waals surface area contributed by atoms with Crippen molar-refractivity contribution in [1.29, 1.82) is 0 Å². The zero-order chi connectivity index (χ0) is 20.8. The van der Waals surface area contributed by atoms with Crippen molar-refractivity contribution in [1.82, 2.24) is 14.8 Å². The summed E-state index contributed by atoms with van der Waals surface area (Å²) in [6.07, 6.45) is 6.13. The van der Waals surface area contributed by atoms with Gasteiger partial charge in [0.15, 0.2) is 0 Å². The molecule has 0 saturated carbocycles. The topological polar surface area (TPSA) is 88.8 Å². The van der Waals surface area contributed by atoms with Crippen LogP contribution in [0.2, 0.25) is 0 Å². The van der Waals surface area contributed by atoms with Gasteiger partial charge >= 0.3 is 5.97 Å². The number of likely N-dealkylation sites (tertiary alicyclic amines) is 2. The van der Waals surface area contributed by atoms with E-state index in [1.807, 2.05) is 18.7 Å². The number of nitrogens with two attached hydrogens (primary N) is 1. The quantitative estimate of drug-likeness (QED) is 0.676. The van der Waals surface area contributed by atoms with Gasteiger partial charge in [0.2, 0.25) is 0 Å². The standard InChI is InChI=1S/C21H29BrN4O3/c1-20(2)12-21(19(28)29-20)6-3-7-26(13-21)15-4-8-25(9-5-15)18(27)16-10-14(22)11-24-17(16)23/h10-11,15H,3-9,12-13H2,1-2H3,(H2,23,24). The number of carbonyl (C=O) groups excluding carboxylic acids is 2. The molecule has 158 valence electrons. The second-order valence-electron chi connectivity index (χ2n) is 9.29. The van der Waals surface area contributed by atoms with Crippen LogP contribution in [0.3, 0.4) is 0 Å². The highest BCUT2D eigenvalue weighted by Gasteiger charge is 2.54. The summed E-state index contributed by atoms with van der Waals surface area (Å²) in [5.74, 6) is 0.170. The van der Waals surface area contributed by atoms with Gasteiger partial charge in [-0.2, -0.15) is 0 Å². The number of anilines is 1. The number of nitrogen functional groups attached to an aromatic ring is 1. The van der Waals surface area contributed by atoms with Gasteiger partial charge in [0.1, 0.15) is 11.4 Å². The van der Waals surface area contributed by atoms with E-state index in [2.05, 4.69) is 25.8 Å². The van der Waals surface area contributed by atoms with Crippen LogP contribution in [0.25, 0.3) is 0 Å². The number of ether oxygens (including phenoxy) is 1. The van der Waals surface area contributed by atoms with Gasteiger partial charge in [-0.3, -0.25) is 14.5 Å². The van der Waals surface area contributed by atoms with Crippen molar-refractivity contribution in [3.63, 3.8) is 0 Å². The molecule has 3 aliphatic rings. The van der Waals surface area contributed by atoms with E-state index in [1.54, 1.807) is 12.3 Å². The monoisotopic (exact) mass is 464 g/mol. The molecule has 1 aromatic heterocycles. The Morgan fingerprint density at radius 1 is 1.31 bits per heavy atom. The van der Waals surface area contributed by atoms with E-state index in [9.17, 15) is 9.59 Å². The molecule has 0 radical (unpaired) electrons. The second-order valence-corrected chi connectivity index (χ2v) is 10.2. The first-order chi connectivity index (χ1) is 13.7. The van der Waals surface area contributed by atoms with Crippen molar-refractivity contribution in [3.05, 3.63) is 22.3 Å². The number of rotatable bonds is 2. The summed E-state index contributed by atoms with van der Waals surface area (Å²) in [7, 11) is 0. The lowest BCUT2D eigenvalue weighted by Gasteiger charge is -2.44. The highest BCUT2D eigenvalue weighted by Crippen LogP contribution is 2.46. The average molecular weight is 465 g/mol. The van der Waals surface area contributed by atoms with Crippen LogP contribution in [-0.2, 0) is 9.53 Å². The number of amides is 1. The van der Waals surface area contributed by atoms with Crippen molar-refractivity contribution in [2.75, 3.05) is 31.9 Å². The van der Waals surface area contributed by atoms with Crippen LogP contribution in [0.15, 0.2) is 16.7 Å². The lowest BCUT2D eigenvalue weighted by atomic mass is 9.74. The molecule has 4 rings (SSSR count). The van der Waals surface area contributed by atoms with Crippen molar-refractivity contribution >= 4 is 33.6 Å². The Bertz CT molecular complexity index is 822. The smallest absolute Gasteiger partial charge is 0.314 e. The van der Waals surface area contributed by atoms with E-state index in [0.29, 0.717) is 24.7 Å². The number of halogens is 1. The predicted octanol–water partition coefficient (Wildman–Crippen LogP) is 2.84. The molecular formula is C21H29BrN4O3. The second kappa shape index (κ2) is 7.54. The molecule has 1 amide bonds. The van der Waals surface area contributed by atoms with Crippen LogP contribution in [0.5, 0.6) is 0 Å². The van der Waals surface area contributed by atoms with Crippen molar-refractivity contribution < 1.29 is 14.3 Å². The van der Waals surface area contributed by atoms with E-state index in [4.69, 9.17) is 10.5 Å². The van der Waals surface area contributed by atoms with Gasteiger partial charge in [-0.05, 0) is 68.1 Å². The summed E-state index contributed by atoms with van der Waals surface area (Å²) in [6.45, 7) is 7.17. The number of nitrogens with zero attached hydrogens (tertiary/aromatic N) is 3. The van der Waals surface area contributed by atoms with Gasteiger partial charge in [-0.25, -0.2) is 4.98 Å². The minimum atomic E-state index is -0.367. The number of piperidine rings is 2. The van der Waals surface area contributed by atoms with Crippen LogP contribution in [0.4, 0.5) is 5.82 Å². The van der Waals surface area contributed by atoms with Crippen molar-refractivity contribution in [2.24, 2.45) is 5.41 Å². The Morgan fingerprint density at radius 2 is 2.03 bits per heavy atom. The molecule has 1 atom stereocenters. The lowest BCUT2D eigenvalue weighted by Crippen LogP contribution is -2.53. The summed E-state index contributed by atoms with van der Waals surface area (Å²) < 4.78 is 6.40. The highest BCUT2D eigenvalue weighted by molar-refractivity contribution is 9.10. The Morgan fingerprint density at radius 3 is 2.69 bits per heavy atom. The fourth-order valence-corrected chi connectivity index (χ4v) is 5.63. The van der Waals surface area contributed by atoms with Gasteiger partial charge in [0.05, 0.1) is 11.0 Å². The Hall–Kier alpha value is -1.67. The molecular weight excluding hydrogens is 436 g/mol. The van der Waals surface area contributed by atoms with Gasteiger partial charge in [-0.15, -0.1) is 0 Å². The van der Waals surface area contributed by atoms with Gasteiger partial charge in [0.25, 0.3) is 5.91 Å². The number of carbonyl (C=O) groups is 2. The third-order valence-corrected chi connectivity index (χ3v) is 6.99. The number of esters is 1. The summed E-state index contributed by atoms with van der Waals surface area (Å²) in [5, 5.41) is 0. The van der Waals surface area contributed by atoms with Gasteiger partial charge in [-0.1, -0.05) is 0 Å². The molecule has 0 aliphatic carbocycles. The minimum absolute atomic E-state index is 0.0301. The number of aromatic nitrogens is 1. The van der Waals surface area contributed by atoms with Crippen LogP contribution in [0.1, 0.15) is 56.3 Å². The molecule has 1 spiro atoms. The average Bonchev–Trinajstić information content (AvgIpc) is 2.90. The SMILES string of the molecule is CC1(C)CC2(CCCN(C3CCN(C(=O)c4cc(Br)cnc4N)CC3)C2)C(=O)O1. The zero-order valence-corrected chi connectivity index (χ0v) is 18.7. The maximum Gasteiger partial charge on any atom is 0.314 e. The Labute approximate surface area is 180 Å². The third kappa shape index (κ3) is 4.01. The van der Waals surface area contributed by atoms with Crippen molar-refractivity contribution in [3.8, 4) is 0 Å². The molecule has 1 aromatic rings. The van der Waals surface area contributed by atoms with Gasteiger partial charge in [0, 0.05) is 42.8 Å². The Balaban J connectivity index is 1.39. The molecule has 2 N–H and O–H groups in total. The molecule has 0 aromatic carbocycles. The summed E-state index contributed by atoms with van der Waals surface area (Å²) in [6, 6.07) is 2.13. The Kier molecular flexibility index (Phi) is 5.36. The molecule has 0 bridgehead atoms. The normalized spacial score (nSPS) is 28.0. The summed E-state index contributed by atoms with van der Waals surface area (Å²) in [5.41, 5.74) is 5.64. The number of cyclic esters (lactones) is 1. The first-order valence-corrected chi connectivity index (χ1v) is 11.2. The molecule has 3 fully saturated rings. The zero-order valence-electron chi connectivity index (χ0n) is 17.1. The maximum absolute atomic E-state index is 12.9. The fourth-order valence-electron chi connectivity index (χ4n) is 5.30. The van der Waals surface area contributed by atoms with E-state index in [1.165, 1.54) is 0 Å². The molecule has 1 unspecified atom stereocenters. The van der Waals surface area contributed by atoms with Crippen LogP contribution < -0.4 is 5.73 Å². The van der Waals surface area contributed by atoms with Crippen LogP contribution in [-0.4, -0.2) is 64.5 Å². The van der Waals surface area contributed by atoms with E-state index < -0.39 is 0 Å². The predicted molar refractivity (Wildman–Crippen MR) is 113 cm³/mol. The first kappa shape index (κ1) is 20.6. The summed E-state index contributed by atoms with van der Waals surface area (Å²) >= 11 is 3.36. The highest BCUT2D eigenvalue weighted by atomic mass is 79.9. The molecule has 3 aliphatic heterocycles. The van der Waals surface area contributed by atoms with E-state index >= 15 is 0 Å². The van der Waals surface area contributed by atoms with Crippen LogP contribution in [0, 0.1) is 5.41 Å². The molecule has 7 nitrogen and oxygen atoms in total. The maximum atomic E-state index is 12.9. The third-order valence-electron chi connectivity index (χ3n) is 6.56. The van der Waals surface area contributed by atoms with E-state index in [-0.39, 0.29) is 28.7 Å². The fraction of sp³-hybridized carbons (Fsp3) is 0.667. The lowest BCUT2D eigenvalue weighted by molar-refractivity contribution is -0.154.